The average Bonchev–Trinajstić information content (AvgIpc) is 3.27. The minimum Gasteiger partial charge on any atom is -0.340 e. The van der Waals surface area contributed by atoms with Crippen LogP contribution in [0.3, 0.4) is 0 Å². The Morgan fingerprint density at radius 2 is 2.19 bits per heavy atom. The lowest BCUT2D eigenvalue weighted by Crippen LogP contribution is -2.31. The molecule has 3 heterocycles. The number of pyridine rings is 1. The highest BCUT2D eigenvalue weighted by molar-refractivity contribution is 6.30. The fraction of sp³-hybridized carbons (Fsp3) is 0.263. The molecule has 0 spiro atoms. The summed E-state index contributed by atoms with van der Waals surface area (Å²) in [6.45, 7) is 2.67. The Balaban J connectivity index is 1.66. The number of H-pyrrole nitrogens is 1. The number of likely N-dealkylation sites (tertiary alicyclic amines) is 1. The predicted molar refractivity (Wildman–Crippen MR) is 97.8 cm³/mol. The second kappa shape index (κ2) is 6.43. The lowest BCUT2D eigenvalue weighted by Gasteiger charge is -2.22. The fourth-order valence-corrected chi connectivity index (χ4v) is 3.58. The van der Waals surface area contributed by atoms with E-state index in [-0.39, 0.29) is 28.4 Å². The van der Waals surface area contributed by atoms with Crippen molar-refractivity contribution in [3.05, 3.63) is 58.1 Å². The van der Waals surface area contributed by atoms with Crippen molar-refractivity contribution in [2.24, 2.45) is 0 Å². The van der Waals surface area contributed by atoms with Crippen LogP contribution in [0.25, 0.3) is 11.0 Å². The van der Waals surface area contributed by atoms with Gasteiger partial charge in [-0.15, -0.1) is 0 Å². The zero-order valence-electron chi connectivity index (χ0n) is 14.2. The predicted octanol–water partition coefficient (Wildman–Crippen LogP) is 3.77. The Morgan fingerprint density at radius 3 is 2.96 bits per heavy atom. The van der Waals surface area contributed by atoms with Gasteiger partial charge in [0.15, 0.2) is 0 Å². The third-order valence-corrected chi connectivity index (χ3v) is 4.96. The van der Waals surface area contributed by atoms with Gasteiger partial charge in [-0.1, -0.05) is 17.7 Å². The largest absolute Gasteiger partial charge is 0.340 e. The molecule has 130 valence electrons. The number of hydrogen-bond acceptors (Lipinski definition) is 4. The number of fused-ring (bicyclic) bond motifs is 1. The normalized spacial score (nSPS) is 16.8. The van der Waals surface area contributed by atoms with Crippen LogP contribution in [-0.4, -0.2) is 32.3 Å². The van der Waals surface area contributed by atoms with Gasteiger partial charge in [0.1, 0.15) is 22.7 Å². The van der Waals surface area contributed by atoms with Gasteiger partial charge in [-0.25, -0.2) is 9.97 Å². The van der Waals surface area contributed by atoms with Gasteiger partial charge >= 0.3 is 0 Å². The van der Waals surface area contributed by atoms with Crippen LogP contribution in [0.5, 0.6) is 0 Å². The Hall–Kier alpha value is -2.91. The number of aromatic nitrogens is 3. The number of benzene rings is 1. The maximum absolute atomic E-state index is 12.9. The number of carbonyl (C=O) groups excluding carboxylic acids is 1. The Morgan fingerprint density at radius 1 is 1.35 bits per heavy atom. The summed E-state index contributed by atoms with van der Waals surface area (Å²) >= 11 is 5.98. The molecule has 0 radical (unpaired) electrons. The van der Waals surface area contributed by atoms with Gasteiger partial charge in [-0.2, -0.15) is 5.26 Å². The quantitative estimate of drug-likeness (QED) is 0.700. The maximum Gasteiger partial charge on any atom is 0.273 e. The number of nitrogens with one attached hydrogen (secondary N) is 1. The molecule has 1 aliphatic heterocycles. The van der Waals surface area contributed by atoms with Crippen molar-refractivity contribution >= 4 is 28.5 Å². The van der Waals surface area contributed by atoms with Crippen molar-refractivity contribution in [3.63, 3.8) is 0 Å². The second-order valence-electron chi connectivity index (χ2n) is 6.45. The number of aromatic amines is 1. The van der Waals surface area contributed by atoms with Gasteiger partial charge in [-0.3, -0.25) is 4.79 Å². The summed E-state index contributed by atoms with van der Waals surface area (Å²) < 4.78 is 0. The Bertz CT molecular complexity index is 1050. The van der Waals surface area contributed by atoms with Crippen molar-refractivity contribution in [3.8, 4) is 6.07 Å². The van der Waals surface area contributed by atoms with Gasteiger partial charge in [0.25, 0.3) is 5.91 Å². The van der Waals surface area contributed by atoms with E-state index < -0.39 is 0 Å². The minimum absolute atomic E-state index is 0.0494. The Kier molecular flexibility index (Phi) is 4.09. The van der Waals surface area contributed by atoms with E-state index in [1.54, 1.807) is 11.0 Å². The lowest BCUT2D eigenvalue weighted by atomic mass is 10.2. The molecular weight excluding hydrogens is 350 g/mol. The van der Waals surface area contributed by atoms with Crippen molar-refractivity contribution in [2.45, 2.75) is 25.8 Å². The van der Waals surface area contributed by atoms with Gasteiger partial charge in [0.2, 0.25) is 0 Å². The number of halogens is 1. The van der Waals surface area contributed by atoms with Crippen LogP contribution in [0, 0.1) is 18.3 Å². The summed E-state index contributed by atoms with van der Waals surface area (Å²) in [6, 6.07) is 11.0. The highest BCUT2D eigenvalue weighted by Crippen LogP contribution is 2.32. The van der Waals surface area contributed by atoms with Crippen LogP contribution in [0.15, 0.2) is 30.3 Å². The first-order chi connectivity index (χ1) is 12.6. The first-order valence-electron chi connectivity index (χ1n) is 8.40. The minimum atomic E-state index is -0.199. The van der Waals surface area contributed by atoms with E-state index in [1.807, 2.05) is 25.1 Å². The van der Waals surface area contributed by atoms with E-state index in [1.165, 1.54) is 6.07 Å². The first kappa shape index (κ1) is 16.6. The van der Waals surface area contributed by atoms with Crippen LogP contribution in [0.2, 0.25) is 5.15 Å². The van der Waals surface area contributed by atoms with Crippen molar-refractivity contribution in [2.75, 3.05) is 6.54 Å². The standard InChI is InChI=1S/C19H16ClN5O/c1-11-4-6-13-15(9-11)24-18(23-13)16-3-2-8-25(16)19(26)14-7-5-12(10-21)17(20)22-14/h4-7,9,16H,2-3,8H2,1H3,(H,23,24)/t16-/m0/s1. The molecule has 7 heteroatoms. The summed E-state index contributed by atoms with van der Waals surface area (Å²) in [5, 5.41) is 9.01. The summed E-state index contributed by atoms with van der Waals surface area (Å²) in [5.41, 5.74) is 3.52. The monoisotopic (exact) mass is 365 g/mol. The number of rotatable bonds is 2. The van der Waals surface area contributed by atoms with Crippen LogP contribution in [0.4, 0.5) is 0 Å². The lowest BCUT2D eigenvalue weighted by molar-refractivity contribution is 0.0724. The van der Waals surface area contributed by atoms with Crippen LogP contribution in [0.1, 0.15) is 46.3 Å². The van der Waals surface area contributed by atoms with E-state index >= 15 is 0 Å². The molecule has 1 fully saturated rings. The van der Waals surface area contributed by atoms with E-state index in [4.69, 9.17) is 16.9 Å². The summed E-state index contributed by atoms with van der Waals surface area (Å²) in [5.74, 6) is 0.590. The molecule has 0 saturated carbocycles. The maximum atomic E-state index is 12.9. The summed E-state index contributed by atoms with van der Waals surface area (Å²) in [7, 11) is 0. The van der Waals surface area contributed by atoms with Crippen LogP contribution in [-0.2, 0) is 0 Å². The number of imidazole rings is 1. The number of nitrogens with zero attached hydrogens (tertiary/aromatic N) is 4. The number of nitriles is 1. The fourth-order valence-electron chi connectivity index (χ4n) is 3.38. The molecule has 1 aliphatic rings. The molecule has 6 nitrogen and oxygen atoms in total. The van der Waals surface area contributed by atoms with Crippen molar-refractivity contribution in [1.82, 2.24) is 19.9 Å². The smallest absolute Gasteiger partial charge is 0.273 e. The topological polar surface area (TPSA) is 85.7 Å². The van der Waals surface area contributed by atoms with Crippen LogP contribution < -0.4 is 0 Å². The van der Waals surface area contributed by atoms with Gasteiger partial charge < -0.3 is 9.88 Å². The van der Waals surface area contributed by atoms with Crippen molar-refractivity contribution in [1.29, 1.82) is 5.26 Å². The molecule has 1 amide bonds. The second-order valence-corrected chi connectivity index (χ2v) is 6.80. The third-order valence-electron chi connectivity index (χ3n) is 4.67. The van der Waals surface area contributed by atoms with Crippen LogP contribution >= 0.6 is 11.6 Å². The van der Waals surface area contributed by atoms with Crippen molar-refractivity contribution < 1.29 is 4.79 Å². The van der Waals surface area contributed by atoms with E-state index in [9.17, 15) is 4.79 Å². The average molecular weight is 366 g/mol. The molecule has 1 atom stereocenters. The molecule has 1 saturated heterocycles. The highest BCUT2D eigenvalue weighted by atomic mass is 35.5. The van der Waals surface area contributed by atoms with E-state index in [2.05, 4.69) is 21.0 Å². The number of amides is 1. The number of aryl methyl sites for hydroxylation is 1. The molecule has 2 aromatic heterocycles. The molecule has 4 rings (SSSR count). The first-order valence-corrected chi connectivity index (χ1v) is 8.78. The molecule has 0 aliphatic carbocycles. The molecule has 1 aromatic carbocycles. The SMILES string of the molecule is Cc1ccc2nc([C@@H]3CCCN3C(=O)c3ccc(C#N)c(Cl)n3)[nH]c2c1. The Labute approximate surface area is 155 Å². The van der Waals surface area contributed by atoms with Gasteiger partial charge in [0.05, 0.1) is 22.6 Å². The molecule has 0 bridgehead atoms. The number of hydrogen-bond donors (Lipinski definition) is 1. The van der Waals surface area contributed by atoms with Gasteiger partial charge in [-0.05, 0) is 49.6 Å². The number of carbonyl (C=O) groups is 1. The molecule has 1 N–H and O–H groups in total. The van der Waals surface area contributed by atoms with Gasteiger partial charge in [0, 0.05) is 6.54 Å². The zero-order valence-corrected chi connectivity index (χ0v) is 14.9. The highest BCUT2D eigenvalue weighted by Gasteiger charge is 2.33. The molecule has 0 unspecified atom stereocenters. The molecule has 26 heavy (non-hydrogen) atoms. The third kappa shape index (κ3) is 2.80. The summed E-state index contributed by atoms with van der Waals surface area (Å²) in [4.78, 5) is 26.8. The van der Waals surface area contributed by atoms with E-state index in [0.29, 0.717) is 6.54 Å². The summed E-state index contributed by atoms with van der Waals surface area (Å²) in [6.07, 6.45) is 1.74. The zero-order chi connectivity index (χ0) is 18.3. The molecular formula is C19H16ClN5O. The van der Waals surface area contributed by atoms with E-state index in [0.717, 1.165) is 35.3 Å². The molecule has 3 aromatic rings.